The summed E-state index contributed by atoms with van der Waals surface area (Å²) in [5, 5.41) is 18.6. The van der Waals surface area contributed by atoms with Crippen LogP contribution in [0.2, 0.25) is 0 Å². The molecular formula is C7H9O3-. The summed E-state index contributed by atoms with van der Waals surface area (Å²) in [7, 11) is 0. The van der Waals surface area contributed by atoms with E-state index in [1.807, 2.05) is 0 Å². The number of aliphatic hydroxyl groups is 1. The fourth-order valence-corrected chi connectivity index (χ4v) is 0.300. The second-order valence-electron chi connectivity index (χ2n) is 2.25. The topological polar surface area (TPSA) is 60.4 Å². The summed E-state index contributed by atoms with van der Waals surface area (Å²) in [6.07, 6.45) is -0.877. The lowest BCUT2D eigenvalue weighted by Gasteiger charge is -2.05. The van der Waals surface area contributed by atoms with Crippen LogP contribution < -0.4 is 5.11 Å². The minimum atomic E-state index is -1.46. The molecule has 0 aliphatic heterocycles. The van der Waals surface area contributed by atoms with E-state index in [1.54, 1.807) is 19.8 Å². The molecule has 56 valence electrons. The highest BCUT2D eigenvalue weighted by Gasteiger charge is 2.02. The van der Waals surface area contributed by atoms with E-state index < -0.39 is 12.1 Å². The summed E-state index contributed by atoms with van der Waals surface area (Å²) < 4.78 is 0. The van der Waals surface area contributed by atoms with Crippen molar-refractivity contribution in [1.29, 1.82) is 0 Å². The van der Waals surface area contributed by atoms with Gasteiger partial charge in [0.15, 0.2) is 0 Å². The summed E-state index contributed by atoms with van der Waals surface area (Å²) in [4.78, 5) is 9.73. The molecule has 0 radical (unpaired) electrons. The van der Waals surface area contributed by atoms with E-state index >= 15 is 0 Å². The van der Waals surface area contributed by atoms with E-state index in [0.717, 1.165) is 0 Å². The normalized spacial score (nSPS) is 12.0. The van der Waals surface area contributed by atoms with Crippen molar-refractivity contribution in [3.05, 3.63) is 0 Å². The van der Waals surface area contributed by atoms with Crippen molar-refractivity contribution in [3.8, 4) is 11.8 Å². The van der Waals surface area contributed by atoms with E-state index in [0.29, 0.717) is 0 Å². The molecule has 0 heterocycles. The molecule has 0 aromatic carbocycles. The van der Waals surface area contributed by atoms with Crippen LogP contribution in [-0.2, 0) is 4.79 Å². The zero-order chi connectivity index (χ0) is 8.15. The molecule has 0 aliphatic carbocycles. The number of carboxylic acid groups (broad SMARTS) is 1. The number of carboxylic acids is 1. The SMILES string of the molecule is CC(C)[C@@H](O)C#CC(=O)[O-]. The van der Waals surface area contributed by atoms with Crippen molar-refractivity contribution < 1.29 is 15.0 Å². The molecule has 0 saturated carbocycles. The van der Waals surface area contributed by atoms with E-state index in [2.05, 4.69) is 5.92 Å². The van der Waals surface area contributed by atoms with Crippen molar-refractivity contribution in [2.75, 3.05) is 0 Å². The van der Waals surface area contributed by atoms with E-state index in [-0.39, 0.29) is 5.92 Å². The molecule has 0 amide bonds. The number of hydrogen-bond acceptors (Lipinski definition) is 3. The Morgan fingerprint density at radius 1 is 1.60 bits per heavy atom. The standard InChI is InChI=1S/C7H10O3/c1-5(2)6(8)3-4-7(9)10/h5-6,8H,1-2H3,(H,9,10)/p-1/t6-/m0/s1. The number of aliphatic hydroxyl groups excluding tert-OH is 1. The van der Waals surface area contributed by atoms with Gasteiger partial charge in [0.05, 0.1) is 0 Å². The zero-order valence-electron chi connectivity index (χ0n) is 5.92. The van der Waals surface area contributed by atoms with Gasteiger partial charge in [0.1, 0.15) is 12.1 Å². The van der Waals surface area contributed by atoms with Gasteiger partial charge in [-0.25, -0.2) is 0 Å². The van der Waals surface area contributed by atoms with Crippen LogP contribution in [0.5, 0.6) is 0 Å². The lowest BCUT2D eigenvalue weighted by Crippen LogP contribution is -2.21. The van der Waals surface area contributed by atoms with Crippen LogP contribution in [0.4, 0.5) is 0 Å². The molecule has 1 N–H and O–H groups in total. The molecule has 1 atom stereocenters. The Bertz CT molecular complexity index is 173. The molecule has 10 heavy (non-hydrogen) atoms. The molecule has 0 spiro atoms. The van der Waals surface area contributed by atoms with Gasteiger partial charge in [-0.2, -0.15) is 0 Å². The number of hydrogen-bond donors (Lipinski definition) is 1. The molecule has 0 rings (SSSR count). The number of aliphatic carboxylic acids is 1. The molecule has 0 bridgehead atoms. The molecule has 3 heteroatoms. The van der Waals surface area contributed by atoms with Crippen LogP contribution in [0.1, 0.15) is 13.8 Å². The zero-order valence-corrected chi connectivity index (χ0v) is 5.92. The Kier molecular flexibility index (Phi) is 3.52. The summed E-state index contributed by atoms with van der Waals surface area (Å²) in [6, 6.07) is 0. The van der Waals surface area contributed by atoms with E-state index in [1.165, 1.54) is 0 Å². The van der Waals surface area contributed by atoms with Crippen molar-refractivity contribution in [2.24, 2.45) is 5.92 Å². The van der Waals surface area contributed by atoms with Crippen LogP contribution in [0.25, 0.3) is 0 Å². The smallest absolute Gasteiger partial charge is 0.117 e. The van der Waals surface area contributed by atoms with Gasteiger partial charge in [0.2, 0.25) is 0 Å². The lowest BCUT2D eigenvalue weighted by atomic mass is 10.1. The van der Waals surface area contributed by atoms with Crippen molar-refractivity contribution >= 4 is 5.97 Å². The molecular weight excluding hydrogens is 132 g/mol. The fourth-order valence-electron chi connectivity index (χ4n) is 0.300. The number of carbonyl (C=O) groups excluding carboxylic acids is 1. The highest BCUT2D eigenvalue weighted by molar-refractivity contribution is 5.84. The maximum Gasteiger partial charge on any atom is 0.117 e. The first-order chi connectivity index (χ1) is 4.54. The monoisotopic (exact) mass is 141 g/mol. The first-order valence-corrected chi connectivity index (χ1v) is 2.94. The van der Waals surface area contributed by atoms with Gasteiger partial charge < -0.3 is 15.0 Å². The Hall–Kier alpha value is -1.01. The third-order valence-electron chi connectivity index (χ3n) is 0.954. The van der Waals surface area contributed by atoms with Gasteiger partial charge in [-0.05, 0) is 11.8 Å². The first kappa shape index (κ1) is 8.99. The minimum absolute atomic E-state index is 0.0492. The maximum atomic E-state index is 9.73. The van der Waals surface area contributed by atoms with Gasteiger partial charge in [0.25, 0.3) is 0 Å². The Morgan fingerprint density at radius 3 is 2.40 bits per heavy atom. The Balaban J connectivity index is 3.92. The van der Waals surface area contributed by atoms with Gasteiger partial charge >= 0.3 is 0 Å². The average Bonchev–Trinajstić information content (AvgIpc) is 1.82. The van der Waals surface area contributed by atoms with Crippen molar-refractivity contribution in [2.45, 2.75) is 20.0 Å². The lowest BCUT2D eigenvalue weighted by molar-refractivity contribution is -0.295. The van der Waals surface area contributed by atoms with Gasteiger partial charge in [-0.15, -0.1) is 0 Å². The third kappa shape index (κ3) is 3.93. The van der Waals surface area contributed by atoms with Crippen LogP contribution in [-0.4, -0.2) is 17.2 Å². The van der Waals surface area contributed by atoms with Gasteiger partial charge in [0, 0.05) is 0 Å². The maximum absolute atomic E-state index is 9.73. The second kappa shape index (κ2) is 3.91. The molecule has 0 aliphatic rings. The van der Waals surface area contributed by atoms with Crippen LogP contribution >= 0.6 is 0 Å². The molecule has 3 nitrogen and oxygen atoms in total. The molecule has 0 fully saturated rings. The predicted molar refractivity (Wildman–Crippen MR) is 33.6 cm³/mol. The van der Waals surface area contributed by atoms with Gasteiger partial charge in [-0.1, -0.05) is 19.8 Å². The quantitative estimate of drug-likeness (QED) is 0.464. The molecule has 0 aromatic heterocycles. The van der Waals surface area contributed by atoms with E-state index in [9.17, 15) is 9.90 Å². The number of carbonyl (C=O) groups is 1. The third-order valence-corrected chi connectivity index (χ3v) is 0.954. The molecule has 0 saturated heterocycles. The Morgan fingerprint density at radius 2 is 2.10 bits per heavy atom. The number of rotatable bonds is 1. The first-order valence-electron chi connectivity index (χ1n) is 2.94. The summed E-state index contributed by atoms with van der Waals surface area (Å²) >= 11 is 0. The van der Waals surface area contributed by atoms with Crippen LogP contribution in [0.3, 0.4) is 0 Å². The molecule has 0 unspecified atom stereocenters. The highest BCUT2D eigenvalue weighted by Crippen LogP contribution is 1.97. The van der Waals surface area contributed by atoms with Gasteiger partial charge in [-0.3, -0.25) is 0 Å². The largest absolute Gasteiger partial charge is 0.537 e. The fraction of sp³-hybridized carbons (Fsp3) is 0.571. The van der Waals surface area contributed by atoms with E-state index in [4.69, 9.17) is 5.11 Å². The second-order valence-corrected chi connectivity index (χ2v) is 2.25. The molecule has 0 aromatic rings. The average molecular weight is 141 g/mol. The summed E-state index contributed by atoms with van der Waals surface area (Å²) in [6.45, 7) is 3.49. The van der Waals surface area contributed by atoms with Crippen LogP contribution in [0.15, 0.2) is 0 Å². The predicted octanol–water partition coefficient (Wildman–Crippen LogP) is -1.24. The summed E-state index contributed by atoms with van der Waals surface area (Å²) in [5.74, 6) is 2.35. The highest BCUT2D eigenvalue weighted by atomic mass is 16.4. The van der Waals surface area contributed by atoms with Crippen LogP contribution in [0, 0.1) is 17.8 Å². The van der Waals surface area contributed by atoms with Crippen molar-refractivity contribution in [3.63, 3.8) is 0 Å². The Labute approximate surface area is 59.7 Å². The van der Waals surface area contributed by atoms with Crippen molar-refractivity contribution in [1.82, 2.24) is 0 Å². The summed E-state index contributed by atoms with van der Waals surface area (Å²) in [5.41, 5.74) is 0. The minimum Gasteiger partial charge on any atom is -0.537 e.